The molecule has 1 spiro atoms. The van der Waals surface area contributed by atoms with Gasteiger partial charge in [-0.25, -0.2) is 0 Å². The summed E-state index contributed by atoms with van der Waals surface area (Å²) in [5.41, 5.74) is -0.644. The van der Waals surface area contributed by atoms with Crippen molar-refractivity contribution in [2.45, 2.75) is 57.5 Å². The quantitative estimate of drug-likeness (QED) is 0.846. The molecule has 1 saturated heterocycles. The van der Waals surface area contributed by atoms with Crippen LogP contribution in [-0.4, -0.2) is 48.6 Å². The van der Waals surface area contributed by atoms with Gasteiger partial charge in [-0.1, -0.05) is 26.7 Å². The predicted molar refractivity (Wildman–Crippen MR) is 76.2 cm³/mol. The first-order chi connectivity index (χ1) is 9.50. The van der Waals surface area contributed by atoms with Gasteiger partial charge in [-0.15, -0.1) is 0 Å². The van der Waals surface area contributed by atoms with E-state index < -0.39 is 5.54 Å². The van der Waals surface area contributed by atoms with Crippen LogP contribution < -0.4 is 5.32 Å². The van der Waals surface area contributed by atoms with Crippen LogP contribution in [0.4, 0.5) is 0 Å². The number of ether oxygens (including phenoxy) is 1. The van der Waals surface area contributed by atoms with Gasteiger partial charge in [0.25, 0.3) is 0 Å². The van der Waals surface area contributed by atoms with Crippen molar-refractivity contribution in [3.05, 3.63) is 0 Å². The maximum atomic E-state index is 13.0. The van der Waals surface area contributed by atoms with Crippen molar-refractivity contribution in [2.24, 2.45) is 5.92 Å². The number of rotatable bonds is 4. The first-order valence-electron chi connectivity index (χ1n) is 7.61. The smallest absolute Gasteiger partial charge is 0.248 e. The highest BCUT2D eigenvalue weighted by Gasteiger charge is 2.48. The number of carbonyl (C=O) groups excluding carboxylic acids is 2. The number of hydrogen-bond acceptors (Lipinski definition) is 3. The first-order valence-corrected chi connectivity index (χ1v) is 7.61. The van der Waals surface area contributed by atoms with E-state index in [1.54, 1.807) is 7.11 Å². The van der Waals surface area contributed by atoms with Crippen molar-refractivity contribution in [3.63, 3.8) is 0 Å². The Kier molecular flexibility index (Phi) is 4.68. The molecule has 0 aromatic rings. The average molecular weight is 282 g/mol. The van der Waals surface area contributed by atoms with Crippen LogP contribution in [-0.2, 0) is 14.3 Å². The number of amides is 2. The summed E-state index contributed by atoms with van der Waals surface area (Å²) >= 11 is 0. The van der Waals surface area contributed by atoms with Crippen molar-refractivity contribution in [2.75, 3.05) is 20.3 Å². The molecule has 114 valence electrons. The van der Waals surface area contributed by atoms with Crippen LogP contribution in [0.5, 0.6) is 0 Å². The van der Waals surface area contributed by atoms with E-state index in [9.17, 15) is 9.59 Å². The summed E-state index contributed by atoms with van der Waals surface area (Å²) < 4.78 is 5.29. The topological polar surface area (TPSA) is 58.6 Å². The maximum Gasteiger partial charge on any atom is 0.248 e. The monoisotopic (exact) mass is 282 g/mol. The van der Waals surface area contributed by atoms with E-state index in [2.05, 4.69) is 19.2 Å². The summed E-state index contributed by atoms with van der Waals surface area (Å²) in [5.74, 6) is 0.407. The Morgan fingerprint density at radius 2 is 1.95 bits per heavy atom. The minimum atomic E-state index is -0.644. The minimum Gasteiger partial charge on any atom is -0.383 e. The lowest BCUT2D eigenvalue weighted by Gasteiger charge is -2.38. The molecule has 5 heteroatoms. The average Bonchev–Trinajstić information content (AvgIpc) is 2.82. The lowest BCUT2D eigenvalue weighted by molar-refractivity contribution is -0.142. The Bertz CT molecular complexity index is 375. The number of methoxy groups -OCH3 is 1. The van der Waals surface area contributed by atoms with E-state index in [1.807, 2.05) is 4.90 Å². The van der Waals surface area contributed by atoms with Crippen molar-refractivity contribution in [1.82, 2.24) is 10.2 Å². The fourth-order valence-corrected chi connectivity index (χ4v) is 3.43. The second kappa shape index (κ2) is 6.12. The number of hydrogen-bond donors (Lipinski definition) is 1. The Hall–Kier alpha value is -1.10. The lowest BCUT2D eigenvalue weighted by atomic mass is 9.93. The summed E-state index contributed by atoms with van der Waals surface area (Å²) in [5, 5.41) is 3.00. The summed E-state index contributed by atoms with van der Waals surface area (Å²) in [4.78, 5) is 26.8. The molecule has 1 aliphatic heterocycles. The van der Waals surface area contributed by atoms with Gasteiger partial charge in [-0.2, -0.15) is 0 Å². The SMILES string of the molecule is COCC(C(C)C)N1CCC(=O)NC2(CCCC2)C1=O. The molecule has 2 rings (SSSR count). The van der Waals surface area contributed by atoms with Crippen molar-refractivity contribution in [3.8, 4) is 0 Å². The van der Waals surface area contributed by atoms with Gasteiger partial charge in [0, 0.05) is 20.1 Å². The predicted octanol–water partition coefficient (Wildman–Crippen LogP) is 1.32. The third kappa shape index (κ3) is 2.82. The van der Waals surface area contributed by atoms with Gasteiger partial charge >= 0.3 is 0 Å². The van der Waals surface area contributed by atoms with E-state index in [0.717, 1.165) is 25.7 Å². The highest BCUT2D eigenvalue weighted by atomic mass is 16.5. The zero-order valence-corrected chi connectivity index (χ0v) is 12.8. The Morgan fingerprint density at radius 3 is 2.50 bits per heavy atom. The highest BCUT2D eigenvalue weighted by molar-refractivity contribution is 5.94. The Morgan fingerprint density at radius 1 is 1.30 bits per heavy atom. The van der Waals surface area contributed by atoms with Gasteiger partial charge in [-0.05, 0) is 18.8 Å². The van der Waals surface area contributed by atoms with E-state index >= 15 is 0 Å². The summed E-state index contributed by atoms with van der Waals surface area (Å²) in [6.07, 6.45) is 3.95. The van der Waals surface area contributed by atoms with Crippen LogP contribution in [0.15, 0.2) is 0 Å². The van der Waals surface area contributed by atoms with Crippen LogP contribution in [0, 0.1) is 5.92 Å². The lowest BCUT2D eigenvalue weighted by Crippen LogP contribution is -2.58. The molecule has 20 heavy (non-hydrogen) atoms. The summed E-state index contributed by atoms with van der Waals surface area (Å²) in [7, 11) is 1.66. The molecular weight excluding hydrogens is 256 g/mol. The van der Waals surface area contributed by atoms with Gasteiger partial charge in [0.15, 0.2) is 0 Å². The van der Waals surface area contributed by atoms with Crippen molar-refractivity contribution in [1.29, 1.82) is 0 Å². The van der Waals surface area contributed by atoms with E-state index in [-0.39, 0.29) is 17.9 Å². The van der Waals surface area contributed by atoms with Gasteiger partial charge in [-0.3, -0.25) is 9.59 Å². The maximum absolute atomic E-state index is 13.0. The van der Waals surface area contributed by atoms with Gasteiger partial charge in [0.1, 0.15) is 5.54 Å². The first kappa shape index (κ1) is 15.3. The normalized spacial score (nSPS) is 24.1. The fourth-order valence-electron chi connectivity index (χ4n) is 3.43. The van der Waals surface area contributed by atoms with Crippen LogP contribution in [0.1, 0.15) is 46.0 Å². The second-order valence-electron chi connectivity index (χ2n) is 6.35. The molecule has 1 unspecified atom stereocenters. The van der Waals surface area contributed by atoms with E-state index in [1.165, 1.54) is 0 Å². The molecule has 0 aromatic heterocycles. The molecule has 0 bridgehead atoms. The molecule has 1 aliphatic carbocycles. The molecule has 0 radical (unpaired) electrons. The molecule has 2 aliphatic rings. The standard InChI is InChI=1S/C15H26N2O3/c1-11(2)12(10-20-3)17-9-6-13(18)16-15(14(17)19)7-4-5-8-15/h11-12H,4-10H2,1-3H3,(H,16,18). The highest BCUT2D eigenvalue weighted by Crippen LogP contribution is 2.34. The van der Waals surface area contributed by atoms with Crippen LogP contribution in [0.3, 0.4) is 0 Å². The number of nitrogens with one attached hydrogen (secondary N) is 1. The van der Waals surface area contributed by atoms with Crippen molar-refractivity contribution >= 4 is 11.8 Å². The molecular formula is C15H26N2O3. The summed E-state index contributed by atoms with van der Waals surface area (Å²) in [6, 6.07) is 0.0395. The third-order valence-electron chi connectivity index (χ3n) is 4.59. The minimum absolute atomic E-state index is 0.00247. The third-order valence-corrected chi connectivity index (χ3v) is 4.59. The van der Waals surface area contributed by atoms with Crippen LogP contribution in [0.25, 0.3) is 0 Å². The molecule has 2 fully saturated rings. The molecule has 1 N–H and O–H groups in total. The van der Waals surface area contributed by atoms with Crippen LogP contribution in [0.2, 0.25) is 0 Å². The fraction of sp³-hybridized carbons (Fsp3) is 0.867. The molecule has 2 amide bonds. The molecule has 1 saturated carbocycles. The largest absolute Gasteiger partial charge is 0.383 e. The zero-order chi connectivity index (χ0) is 14.8. The van der Waals surface area contributed by atoms with Gasteiger partial charge in [0.05, 0.1) is 12.6 Å². The Balaban J connectivity index is 2.27. The molecule has 1 atom stereocenters. The number of carbonyl (C=O) groups is 2. The van der Waals surface area contributed by atoms with Crippen molar-refractivity contribution < 1.29 is 14.3 Å². The van der Waals surface area contributed by atoms with Crippen LogP contribution >= 0.6 is 0 Å². The van der Waals surface area contributed by atoms with E-state index in [4.69, 9.17) is 4.74 Å². The number of nitrogens with zero attached hydrogens (tertiary/aromatic N) is 1. The van der Waals surface area contributed by atoms with Gasteiger partial charge < -0.3 is 15.0 Å². The van der Waals surface area contributed by atoms with E-state index in [0.29, 0.717) is 25.5 Å². The molecule has 5 nitrogen and oxygen atoms in total. The molecule has 0 aromatic carbocycles. The zero-order valence-electron chi connectivity index (χ0n) is 12.8. The Labute approximate surface area is 121 Å². The summed E-state index contributed by atoms with van der Waals surface area (Å²) in [6.45, 7) is 5.21. The second-order valence-corrected chi connectivity index (χ2v) is 6.35. The van der Waals surface area contributed by atoms with Gasteiger partial charge in [0.2, 0.25) is 11.8 Å². The molecule has 1 heterocycles.